The Hall–Kier alpha value is -0.940. The molecule has 1 aromatic carbocycles. The Labute approximate surface area is 102 Å². The second-order valence-corrected chi connectivity index (χ2v) is 4.46. The van der Waals surface area contributed by atoms with Crippen LogP contribution in [0.3, 0.4) is 0 Å². The first-order valence-corrected chi connectivity index (χ1v) is 5.60. The first kappa shape index (κ1) is 13.1. The minimum Gasteiger partial charge on any atom is -0.464 e. The number of hydrogen-bond acceptors (Lipinski definition) is 3. The average molecular weight is 290 g/mol. The zero-order chi connectivity index (χ0) is 12.3. The molecule has 0 aliphatic rings. The fourth-order valence-corrected chi connectivity index (χ4v) is 1.63. The monoisotopic (exact) mass is 289 g/mol. The second kappa shape index (κ2) is 4.93. The van der Waals surface area contributed by atoms with Gasteiger partial charge < -0.3 is 10.5 Å². The summed E-state index contributed by atoms with van der Waals surface area (Å²) in [5.74, 6) is -1.18. The topological polar surface area (TPSA) is 52.3 Å². The van der Waals surface area contributed by atoms with Crippen LogP contribution in [-0.4, -0.2) is 12.6 Å². The number of ether oxygens (including phenoxy) is 1. The van der Waals surface area contributed by atoms with Crippen molar-refractivity contribution in [2.45, 2.75) is 19.4 Å². The van der Waals surface area contributed by atoms with Crippen LogP contribution in [0.15, 0.2) is 22.7 Å². The number of halogens is 2. The Morgan fingerprint density at radius 1 is 1.62 bits per heavy atom. The van der Waals surface area contributed by atoms with E-state index in [9.17, 15) is 9.18 Å². The van der Waals surface area contributed by atoms with E-state index in [4.69, 9.17) is 10.5 Å². The standard InChI is InChI=1S/C11H13BrFNO2/c1-3-16-10(15)11(2,14)8-5-4-7(12)6-9(8)13/h4-6H,3,14H2,1-2H3. The molecule has 0 bridgehead atoms. The van der Waals surface area contributed by atoms with Gasteiger partial charge in [0.2, 0.25) is 0 Å². The van der Waals surface area contributed by atoms with Gasteiger partial charge >= 0.3 is 5.97 Å². The number of benzene rings is 1. The summed E-state index contributed by atoms with van der Waals surface area (Å²) in [6.45, 7) is 3.31. The summed E-state index contributed by atoms with van der Waals surface area (Å²) in [5.41, 5.74) is 4.44. The maximum atomic E-state index is 13.6. The van der Waals surface area contributed by atoms with Gasteiger partial charge in [-0.25, -0.2) is 9.18 Å². The highest BCUT2D eigenvalue weighted by atomic mass is 79.9. The van der Waals surface area contributed by atoms with Crippen LogP contribution < -0.4 is 5.73 Å². The first-order chi connectivity index (χ1) is 7.39. The fourth-order valence-electron chi connectivity index (χ4n) is 1.30. The number of esters is 1. The third kappa shape index (κ3) is 2.59. The summed E-state index contributed by atoms with van der Waals surface area (Å²) < 4.78 is 19.0. The van der Waals surface area contributed by atoms with Gasteiger partial charge in [0.1, 0.15) is 11.4 Å². The first-order valence-electron chi connectivity index (χ1n) is 4.81. The molecule has 3 nitrogen and oxygen atoms in total. The molecule has 1 unspecified atom stereocenters. The Balaban J connectivity index is 3.11. The van der Waals surface area contributed by atoms with E-state index in [-0.39, 0.29) is 12.2 Å². The van der Waals surface area contributed by atoms with E-state index in [1.54, 1.807) is 13.0 Å². The lowest BCUT2D eigenvalue weighted by atomic mass is 9.93. The maximum Gasteiger partial charge on any atom is 0.330 e. The zero-order valence-corrected chi connectivity index (χ0v) is 10.7. The summed E-state index contributed by atoms with van der Waals surface area (Å²) in [4.78, 5) is 11.6. The lowest BCUT2D eigenvalue weighted by Crippen LogP contribution is -2.43. The van der Waals surface area contributed by atoms with Crippen LogP contribution in [0.2, 0.25) is 0 Å². The fraction of sp³-hybridized carbons (Fsp3) is 0.364. The Kier molecular flexibility index (Phi) is 4.04. The van der Waals surface area contributed by atoms with E-state index in [0.717, 1.165) is 0 Å². The Morgan fingerprint density at radius 3 is 2.75 bits per heavy atom. The smallest absolute Gasteiger partial charge is 0.330 e. The van der Waals surface area contributed by atoms with Gasteiger partial charge in [-0.15, -0.1) is 0 Å². The molecule has 0 heterocycles. The lowest BCUT2D eigenvalue weighted by molar-refractivity contribution is -0.149. The molecule has 1 atom stereocenters. The predicted molar refractivity (Wildman–Crippen MR) is 62.3 cm³/mol. The van der Waals surface area contributed by atoms with Crippen LogP contribution in [0.4, 0.5) is 4.39 Å². The van der Waals surface area contributed by atoms with E-state index in [1.165, 1.54) is 19.1 Å². The molecule has 0 radical (unpaired) electrons. The molecule has 2 N–H and O–H groups in total. The summed E-state index contributed by atoms with van der Waals surface area (Å²) in [6, 6.07) is 4.36. The van der Waals surface area contributed by atoms with Gasteiger partial charge in [0, 0.05) is 10.0 Å². The summed E-state index contributed by atoms with van der Waals surface area (Å²) in [6.07, 6.45) is 0. The van der Waals surface area contributed by atoms with Crippen molar-refractivity contribution in [3.63, 3.8) is 0 Å². The van der Waals surface area contributed by atoms with Crippen LogP contribution in [0, 0.1) is 5.82 Å². The highest BCUT2D eigenvalue weighted by molar-refractivity contribution is 9.10. The molecule has 5 heteroatoms. The van der Waals surface area contributed by atoms with Gasteiger partial charge in [-0.3, -0.25) is 0 Å². The van der Waals surface area contributed by atoms with E-state index in [2.05, 4.69) is 15.9 Å². The third-order valence-corrected chi connectivity index (χ3v) is 2.68. The minimum atomic E-state index is -1.47. The number of nitrogens with two attached hydrogens (primary N) is 1. The van der Waals surface area contributed by atoms with Crippen molar-refractivity contribution in [1.82, 2.24) is 0 Å². The van der Waals surface area contributed by atoms with Crippen molar-refractivity contribution >= 4 is 21.9 Å². The summed E-state index contributed by atoms with van der Waals surface area (Å²) in [7, 11) is 0. The molecular formula is C11H13BrFNO2. The van der Waals surface area contributed by atoms with E-state index < -0.39 is 17.3 Å². The van der Waals surface area contributed by atoms with Gasteiger partial charge in [0.15, 0.2) is 0 Å². The molecule has 0 saturated carbocycles. The van der Waals surface area contributed by atoms with Crippen LogP contribution in [-0.2, 0) is 15.1 Å². The molecule has 0 fully saturated rings. The number of carbonyl (C=O) groups excluding carboxylic acids is 1. The Bertz CT molecular complexity index is 407. The molecule has 0 aromatic heterocycles. The molecule has 88 valence electrons. The van der Waals surface area contributed by atoms with E-state index >= 15 is 0 Å². The van der Waals surface area contributed by atoms with Crippen LogP contribution in [0.5, 0.6) is 0 Å². The average Bonchev–Trinajstić information content (AvgIpc) is 2.17. The van der Waals surface area contributed by atoms with Crippen molar-refractivity contribution in [2.75, 3.05) is 6.61 Å². The lowest BCUT2D eigenvalue weighted by Gasteiger charge is -2.23. The number of carbonyl (C=O) groups is 1. The van der Waals surface area contributed by atoms with Crippen molar-refractivity contribution < 1.29 is 13.9 Å². The Morgan fingerprint density at radius 2 is 2.25 bits per heavy atom. The van der Waals surface area contributed by atoms with Gasteiger partial charge in [-0.2, -0.15) is 0 Å². The quantitative estimate of drug-likeness (QED) is 0.869. The molecule has 1 rings (SSSR count). The molecule has 0 aliphatic heterocycles. The molecule has 16 heavy (non-hydrogen) atoms. The molecule has 0 spiro atoms. The van der Waals surface area contributed by atoms with Crippen LogP contribution in [0.1, 0.15) is 19.4 Å². The predicted octanol–water partition coefficient (Wildman–Crippen LogP) is 2.33. The van der Waals surface area contributed by atoms with Gasteiger partial charge in [-0.1, -0.05) is 22.0 Å². The van der Waals surface area contributed by atoms with Crippen molar-refractivity contribution in [3.8, 4) is 0 Å². The van der Waals surface area contributed by atoms with Crippen LogP contribution >= 0.6 is 15.9 Å². The third-order valence-electron chi connectivity index (χ3n) is 2.19. The van der Waals surface area contributed by atoms with Crippen molar-refractivity contribution in [1.29, 1.82) is 0 Å². The van der Waals surface area contributed by atoms with Crippen LogP contribution in [0.25, 0.3) is 0 Å². The maximum absolute atomic E-state index is 13.6. The van der Waals surface area contributed by atoms with Gasteiger partial charge in [0.25, 0.3) is 0 Å². The van der Waals surface area contributed by atoms with Crippen molar-refractivity contribution in [2.24, 2.45) is 5.73 Å². The summed E-state index contributed by atoms with van der Waals surface area (Å²) >= 11 is 3.13. The highest BCUT2D eigenvalue weighted by Crippen LogP contribution is 2.25. The van der Waals surface area contributed by atoms with Crippen molar-refractivity contribution in [3.05, 3.63) is 34.1 Å². The zero-order valence-electron chi connectivity index (χ0n) is 9.09. The minimum absolute atomic E-state index is 0.120. The van der Waals surface area contributed by atoms with Gasteiger partial charge in [0.05, 0.1) is 6.61 Å². The van der Waals surface area contributed by atoms with E-state index in [1.807, 2.05) is 0 Å². The number of hydrogen-bond donors (Lipinski definition) is 1. The molecule has 1 aromatic rings. The van der Waals surface area contributed by atoms with Gasteiger partial charge in [-0.05, 0) is 26.0 Å². The number of rotatable bonds is 3. The van der Waals surface area contributed by atoms with E-state index in [0.29, 0.717) is 4.47 Å². The largest absolute Gasteiger partial charge is 0.464 e. The SMILES string of the molecule is CCOC(=O)C(C)(N)c1ccc(Br)cc1F. The molecule has 0 amide bonds. The second-order valence-electron chi connectivity index (χ2n) is 3.55. The normalized spacial score (nSPS) is 14.3. The highest BCUT2D eigenvalue weighted by Gasteiger charge is 2.34. The molecular weight excluding hydrogens is 277 g/mol. The molecule has 0 aliphatic carbocycles. The molecule has 0 saturated heterocycles. The summed E-state index contributed by atoms with van der Waals surface area (Å²) in [5, 5.41) is 0.